The predicted octanol–water partition coefficient (Wildman–Crippen LogP) is 4.55. The van der Waals surface area contributed by atoms with Crippen LogP contribution in [-0.4, -0.2) is 54.4 Å². The van der Waals surface area contributed by atoms with Gasteiger partial charge in [0, 0.05) is 39.0 Å². The minimum atomic E-state index is 0.188. The van der Waals surface area contributed by atoms with E-state index in [1.165, 1.54) is 11.1 Å². The van der Waals surface area contributed by atoms with Crippen LogP contribution >= 0.6 is 0 Å². The van der Waals surface area contributed by atoms with Crippen LogP contribution in [-0.2, 0) is 16.0 Å². The number of rotatable bonds is 10. The van der Waals surface area contributed by atoms with E-state index >= 15 is 0 Å². The number of amides is 2. The molecule has 1 heterocycles. The molecule has 1 fully saturated rings. The molecule has 2 aromatic carbocycles. The maximum atomic E-state index is 12.5. The highest BCUT2D eigenvalue weighted by molar-refractivity contribution is 5.78. The van der Waals surface area contributed by atoms with Gasteiger partial charge < -0.3 is 14.5 Å². The van der Waals surface area contributed by atoms with Gasteiger partial charge >= 0.3 is 0 Å². The van der Waals surface area contributed by atoms with Gasteiger partial charge in [0.2, 0.25) is 11.8 Å². The lowest BCUT2D eigenvalue weighted by Gasteiger charge is -2.35. The van der Waals surface area contributed by atoms with Crippen LogP contribution in [0.2, 0.25) is 0 Å². The van der Waals surface area contributed by atoms with Crippen LogP contribution in [0.1, 0.15) is 48.8 Å². The first kappa shape index (κ1) is 23.8. The Bertz CT molecular complexity index is 874. The molecule has 0 aliphatic carbocycles. The zero-order chi connectivity index (χ0) is 22.8. The summed E-state index contributed by atoms with van der Waals surface area (Å²) >= 11 is 0. The second-order valence-corrected chi connectivity index (χ2v) is 8.68. The molecule has 5 heteroatoms. The van der Waals surface area contributed by atoms with Crippen molar-refractivity contribution < 1.29 is 14.3 Å². The van der Waals surface area contributed by atoms with E-state index in [1.807, 2.05) is 34.9 Å². The van der Waals surface area contributed by atoms with Crippen molar-refractivity contribution in [3.63, 3.8) is 0 Å². The molecule has 5 nitrogen and oxygen atoms in total. The molecule has 0 atom stereocenters. The summed E-state index contributed by atoms with van der Waals surface area (Å²) < 4.78 is 5.88. The largest absolute Gasteiger partial charge is 0.493 e. The van der Waals surface area contributed by atoms with Gasteiger partial charge in [0.25, 0.3) is 0 Å². The molecule has 2 aromatic rings. The lowest BCUT2D eigenvalue weighted by molar-refractivity contribution is -0.139. The Morgan fingerprint density at radius 2 is 1.44 bits per heavy atom. The van der Waals surface area contributed by atoms with Gasteiger partial charge in [-0.25, -0.2) is 0 Å². The molecule has 0 aromatic heterocycles. The van der Waals surface area contributed by atoms with E-state index in [4.69, 9.17) is 4.74 Å². The summed E-state index contributed by atoms with van der Waals surface area (Å²) in [6.45, 7) is 7.31. The van der Waals surface area contributed by atoms with Crippen molar-refractivity contribution in [1.29, 1.82) is 0 Å². The summed E-state index contributed by atoms with van der Waals surface area (Å²) in [5, 5.41) is 0. The van der Waals surface area contributed by atoms with Crippen LogP contribution in [0.5, 0.6) is 5.75 Å². The number of carbonyl (C=O) groups excluding carboxylic acids is 2. The highest BCUT2D eigenvalue weighted by Crippen LogP contribution is 2.19. The average Bonchev–Trinajstić information content (AvgIpc) is 2.81. The van der Waals surface area contributed by atoms with E-state index < -0.39 is 0 Å². The minimum absolute atomic E-state index is 0.188. The zero-order valence-corrected chi connectivity index (χ0v) is 19.5. The lowest BCUT2D eigenvalue weighted by Crippen LogP contribution is -2.50. The van der Waals surface area contributed by atoms with Crippen LogP contribution < -0.4 is 4.74 Å². The van der Waals surface area contributed by atoms with Crippen LogP contribution in [0.3, 0.4) is 0 Å². The summed E-state index contributed by atoms with van der Waals surface area (Å²) in [7, 11) is 0. The van der Waals surface area contributed by atoms with Gasteiger partial charge in [-0.15, -0.1) is 0 Å². The second-order valence-electron chi connectivity index (χ2n) is 8.68. The lowest BCUT2D eigenvalue weighted by atomic mass is 10.1. The van der Waals surface area contributed by atoms with Crippen molar-refractivity contribution in [2.45, 2.75) is 52.4 Å². The van der Waals surface area contributed by atoms with E-state index in [0.29, 0.717) is 45.6 Å². The van der Waals surface area contributed by atoms with Crippen molar-refractivity contribution in [2.24, 2.45) is 0 Å². The molecule has 0 saturated carbocycles. The smallest absolute Gasteiger partial charge is 0.222 e. The fourth-order valence-electron chi connectivity index (χ4n) is 4.03. The van der Waals surface area contributed by atoms with Crippen molar-refractivity contribution >= 4 is 11.8 Å². The number of hydrogen-bond acceptors (Lipinski definition) is 3. The zero-order valence-electron chi connectivity index (χ0n) is 19.5. The topological polar surface area (TPSA) is 49.9 Å². The number of unbranched alkanes of at least 4 members (excludes halogenated alkanes) is 1. The molecule has 0 spiro atoms. The molecule has 1 saturated heterocycles. The quantitative estimate of drug-likeness (QED) is 0.514. The maximum Gasteiger partial charge on any atom is 0.222 e. The molecule has 0 N–H and O–H groups in total. The Labute approximate surface area is 192 Å². The average molecular weight is 437 g/mol. The number of piperazine rings is 1. The van der Waals surface area contributed by atoms with Crippen molar-refractivity contribution in [1.82, 2.24) is 9.80 Å². The highest BCUT2D eigenvalue weighted by Gasteiger charge is 2.23. The maximum absolute atomic E-state index is 12.5. The SMILES string of the molecule is Cc1ccc(C)c(OCCCCC(=O)N2CCN(C(=O)CCCc3ccccc3)CC2)c1. The van der Waals surface area contributed by atoms with Gasteiger partial charge in [0.1, 0.15) is 5.75 Å². The fourth-order valence-corrected chi connectivity index (χ4v) is 4.03. The molecule has 2 amide bonds. The predicted molar refractivity (Wildman–Crippen MR) is 128 cm³/mol. The van der Waals surface area contributed by atoms with Gasteiger partial charge in [-0.3, -0.25) is 9.59 Å². The van der Waals surface area contributed by atoms with Crippen LogP contribution in [0.4, 0.5) is 0 Å². The van der Waals surface area contributed by atoms with E-state index in [-0.39, 0.29) is 11.8 Å². The van der Waals surface area contributed by atoms with E-state index in [9.17, 15) is 9.59 Å². The van der Waals surface area contributed by atoms with E-state index in [1.54, 1.807) is 0 Å². The number of hydrogen-bond donors (Lipinski definition) is 0. The standard InChI is InChI=1S/C27H36N2O3/c1-22-14-15-23(2)25(21-22)32-20-7-6-12-26(30)28-16-18-29(19-17-28)27(31)13-8-11-24-9-4-3-5-10-24/h3-5,9-10,14-15,21H,6-8,11-13,16-20H2,1-2H3. The Kier molecular flexibility index (Phi) is 9.14. The molecule has 172 valence electrons. The summed E-state index contributed by atoms with van der Waals surface area (Å²) in [5.74, 6) is 1.32. The first-order valence-electron chi connectivity index (χ1n) is 11.8. The monoisotopic (exact) mass is 436 g/mol. The molecular formula is C27H36N2O3. The highest BCUT2D eigenvalue weighted by atomic mass is 16.5. The first-order chi connectivity index (χ1) is 15.5. The van der Waals surface area contributed by atoms with Crippen LogP contribution in [0, 0.1) is 13.8 Å². The normalized spacial score (nSPS) is 13.8. The second kappa shape index (κ2) is 12.3. The third kappa shape index (κ3) is 7.40. The summed E-state index contributed by atoms with van der Waals surface area (Å²) in [5.41, 5.74) is 3.60. The molecule has 0 unspecified atom stereocenters. The fraction of sp³-hybridized carbons (Fsp3) is 0.481. The van der Waals surface area contributed by atoms with Crippen molar-refractivity contribution in [2.75, 3.05) is 32.8 Å². The molecule has 1 aliphatic heterocycles. The summed E-state index contributed by atoms with van der Waals surface area (Å²) in [6.07, 6.45) is 4.59. The van der Waals surface area contributed by atoms with Gasteiger partial charge in [0.15, 0.2) is 0 Å². The Morgan fingerprint density at radius 1 is 0.812 bits per heavy atom. The number of ether oxygens (including phenoxy) is 1. The van der Waals surface area contributed by atoms with Gasteiger partial charge in [0.05, 0.1) is 6.61 Å². The minimum Gasteiger partial charge on any atom is -0.493 e. The molecule has 32 heavy (non-hydrogen) atoms. The van der Waals surface area contributed by atoms with Crippen molar-refractivity contribution in [3.05, 3.63) is 65.2 Å². The Hall–Kier alpha value is -2.82. The summed E-state index contributed by atoms with van der Waals surface area (Å²) in [6, 6.07) is 16.5. The molecule has 0 radical (unpaired) electrons. The number of carbonyl (C=O) groups is 2. The third-order valence-corrected chi connectivity index (χ3v) is 6.07. The van der Waals surface area contributed by atoms with Crippen LogP contribution in [0.15, 0.2) is 48.5 Å². The number of benzene rings is 2. The molecule has 3 rings (SSSR count). The Balaban J connectivity index is 1.27. The number of nitrogens with zero attached hydrogens (tertiary/aromatic N) is 2. The molecule has 1 aliphatic rings. The number of aryl methyl sites for hydroxylation is 3. The first-order valence-corrected chi connectivity index (χ1v) is 11.8. The molecule has 0 bridgehead atoms. The summed E-state index contributed by atoms with van der Waals surface area (Å²) in [4.78, 5) is 28.8. The van der Waals surface area contributed by atoms with Crippen LogP contribution in [0.25, 0.3) is 0 Å². The Morgan fingerprint density at radius 3 is 2.09 bits per heavy atom. The van der Waals surface area contributed by atoms with E-state index in [0.717, 1.165) is 37.0 Å². The van der Waals surface area contributed by atoms with E-state index in [2.05, 4.69) is 37.3 Å². The molecular weight excluding hydrogens is 400 g/mol. The van der Waals surface area contributed by atoms with Gasteiger partial charge in [-0.2, -0.15) is 0 Å². The van der Waals surface area contributed by atoms with Crippen molar-refractivity contribution in [3.8, 4) is 5.75 Å². The third-order valence-electron chi connectivity index (χ3n) is 6.07. The van der Waals surface area contributed by atoms with Gasteiger partial charge in [-0.1, -0.05) is 42.5 Å². The van der Waals surface area contributed by atoms with Gasteiger partial charge in [-0.05, 0) is 62.3 Å².